The Morgan fingerprint density at radius 1 is 1.20 bits per heavy atom. The Morgan fingerprint density at radius 2 is 1.98 bits per heavy atom. The molecule has 5 heterocycles. The minimum atomic E-state index is -1.32. The summed E-state index contributed by atoms with van der Waals surface area (Å²) in [5.41, 5.74) is -0.0658. The number of nitrogens with zero attached hydrogens (tertiary/aromatic N) is 6. The molecule has 1 saturated heterocycles. The summed E-state index contributed by atoms with van der Waals surface area (Å²) in [6, 6.07) is 3.39. The van der Waals surface area contributed by atoms with Crippen LogP contribution in [0, 0.1) is 12.8 Å². The van der Waals surface area contributed by atoms with E-state index in [4.69, 9.17) is 19.2 Å². The van der Waals surface area contributed by atoms with Gasteiger partial charge in [-0.1, -0.05) is 0 Å². The lowest BCUT2D eigenvalue weighted by atomic mass is 9.98. The first-order valence-corrected chi connectivity index (χ1v) is 13.6. The van der Waals surface area contributed by atoms with Gasteiger partial charge in [-0.2, -0.15) is 5.10 Å². The molecule has 5 rings (SSSR count). The molecule has 0 radical (unpaired) electrons. The van der Waals surface area contributed by atoms with Gasteiger partial charge in [-0.05, 0) is 18.6 Å². The zero-order valence-corrected chi connectivity index (χ0v) is 23.5. The van der Waals surface area contributed by atoms with Crippen molar-refractivity contribution in [2.45, 2.75) is 6.92 Å². The average molecular weight is 584 g/mol. The topological polar surface area (TPSA) is 163 Å². The molecule has 0 bridgehead atoms. The van der Waals surface area contributed by atoms with E-state index in [9.17, 15) is 19.5 Å². The number of hydrogen-bond acceptors (Lipinski definition) is 11. The second kappa shape index (κ2) is 12.0. The number of carboxylic acids is 1. The molecule has 1 fully saturated rings. The van der Waals surface area contributed by atoms with E-state index >= 15 is 0 Å². The van der Waals surface area contributed by atoms with Gasteiger partial charge in [0.2, 0.25) is 17.2 Å². The molecule has 0 atom stereocenters. The zero-order chi connectivity index (χ0) is 29.1. The van der Waals surface area contributed by atoms with Crippen molar-refractivity contribution in [2.75, 3.05) is 56.8 Å². The second-order valence-corrected chi connectivity index (χ2v) is 10.3. The number of thiazole rings is 1. The van der Waals surface area contributed by atoms with Crippen LogP contribution in [0.3, 0.4) is 0 Å². The molecule has 14 nitrogen and oxygen atoms in total. The predicted molar refractivity (Wildman–Crippen MR) is 150 cm³/mol. The summed E-state index contributed by atoms with van der Waals surface area (Å²) < 4.78 is 19.0. The van der Waals surface area contributed by atoms with Gasteiger partial charge < -0.3 is 29.5 Å². The van der Waals surface area contributed by atoms with Gasteiger partial charge in [0.1, 0.15) is 18.0 Å². The van der Waals surface area contributed by atoms with Crippen molar-refractivity contribution in [2.24, 2.45) is 13.0 Å². The van der Waals surface area contributed by atoms with Gasteiger partial charge in [0.15, 0.2) is 16.6 Å². The molecule has 41 heavy (non-hydrogen) atoms. The largest absolute Gasteiger partial charge is 0.477 e. The Labute approximate surface area is 238 Å². The lowest BCUT2D eigenvalue weighted by molar-refractivity contribution is -0.120. The smallest absolute Gasteiger partial charge is 0.341 e. The van der Waals surface area contributed by atoms with E-state index in [1.807, 2.05) is 4.90 Å². The number of aromatic nitrogens is 5. The number of carboxylic acid groups (broad SMARTS) is 1. The molecule has 0 spiro atoms. The SMILES string of the molecule is COCCOCCOc1cc(NC(=O)C2CN(c3cc(C)c4c(=O)c(C(=O)O)cn(-c5nccs5)c4n3)C2)nn1C. The molecule has 2 N–H and O–H groups in total. The Hall–Kier alpha value is -4.34. The van der Waals surface area contributed by atoms with Gasteiger partial charge >= 0.3 is 5.97 Å². The maximum absolute atomic E-state index is 13.0. The van der Waals surface area contributed by atoms with E-state index in [1.165, 1.54) is 26.8 Å². The number of aromatic carboxylic acids is 1. The van der Waals surface area contributed by atoms with Crippen LogP contribution >= 0.6 is 11.3 Å². The zero-order valence-electron chi connectivity index (χ0n) is 22.7. The van der Waals surface area contributed by atoms with Crippen molar-refractivity contribution in [3.63, 3.8) is 0 Å². The minimum Gasteiger partial charge on any atom is -0.477 e. The van der Waals surface area contributed by atoms with Crippen LogP contribution in [0.1, 0.15) is 15.9 Å². The number of ether oxygens (including phenoxy) is 3. The fourth-order valence-electron chi connectivity index (χ4n) is 4.43. The van der Waals surface area contributed by atoms with Crippen LogP contribution in [-0.2, 0) is 21.3 Å². The molecule has 0 unspecified atom stereocenters. The first kappa shape index (κ1) is 28.2. The summed E-state index contributed by atoms with van der Waals surface area (Å²) in [6.07, 6.45) is 2.85. The van der Waals surface area contributed by atoms with Gasteiger partial charge in [0, 0.05) is 51.1 Å². The van der Waals surface area contributed by atoms with Crippen molar-refractivity contribution in [1.29, 1.82) is 0 Å². The maximum atomic E-state index is 13.0. The number of carbonyl (C=O) groups excluding carboxylic acids is 1. The summed E-state index contributed by atoms with van der Waals surface area (Å²) in [7, 11) is 3.33. The van der Waals surface area contributed by atoms with Crippen LogP contribution in [0.5, 0.6) is 5.88 Å². The normalized spacial score (nSPS) is 13.4. The van der Waals surface area contributed by atoms with Crippen LogP contribution in [0.2, 0.25) is 0 Å². The number of anilines is 2. The first-order chi connectivity index (χ1) is 19.8. The van der Waals surface area contributed by atoms with Crippen LogP contribution in [0.4, 0.5) is 11.6 Å². The van der Waals surface area contributed by atoms with E-state index in [2.05, 4.69) is 15.4 Å². The van der Waals surface area contributed by atoms with E-state index in [0.29, 0.717) is 73.4 Å². The van der Waals surface area contributed by atoms with Crippen LogP contribution < -0.4 is 20.4 Å². The highest BCUT2D eigenvalue weighted by molar-refractivity contribution is 7.12. The summed E-state index contributed by atoms with van der Waals surface area (Å²) in [4.78, 5) is 48.5. The highest BCUT2D eigenvalue weighted by Gasteiger charge is 2.34. The molecule has 216 valence electrons. The summed E-state index contributed by atoms with van der Waals surface area (Å²) >= 11 is 1.30. The molecule has 0 aliphatic carbocycles. The second-order valence-electron chi connectivity index (χ2n) is 9.39. The summed E-state index contributed by atoms with van der Waals surface area (Å²) in [5, 5.41) is 19.2. The quantitative estimate of drug-likeness (QED) is 0.233. The van der Waals surface area contributed by atoms with Crippen LogP contribution in [-0.4, -0.2) is 87.9 Å². The van der Waals surface area contributed by atoms with Crippen molar-refractivity contribution >= 4 is 45.9 Å². The maximum Gasteiger partial charge on any atom is 0.341 e. The fourth-order valence-corrected chi connectivity index (χ4v) is 5.05. The molecule has 4 aromatic rings. The van der Waals surface area contributed by atoms with Crippen molar-refractivity contribution in [3.8, 4) is 11.0 Å². The number of methoxy groups -OCH3 is 1. The van der Waals surface area contributed by atoms with E-state index in [1.54, 1.807) is 44.8 Å². The van der Waals surface area contributed by atoms with Crippen LogP contribution in [0.15, 0.2) is 34.7 Å². The van der Waals surface area contributed by atoms with Gasteiger partial charge in [0.25, 0.3) is 0 Å². The minimum absolute atomic E-state index is 0.183. The Bertz CT molecular complexity index is 1630. The van der Waals surface area contributed by atoms with Crippen molar-refractivity contribution in [1.82, 2.24) is 24.3 Å². The monoisotopic (exact) mass is 583 g/mol. The lowest BCUT2D eigenvalue weighted by Gasteiger charge is -2.39. The number of carbonyl (C=O) groups is 2. The highest BCUT2D eigenvalue weighted by atomic mass is 32.1. The third kappa shape index (κ3) is 5.91. The number of fused-ring (bicyclic) bond motifs is 1. The number of rotatable bonds is 12. The first-order valence-electron chi connectivity index (χ1n) is 12.8. The number of amides is 1. The standard InChI is InChI=1S/C26H29N7O7S/c1-15-10-19(29-23-21(15)22(34)17(25(36)37)14-33(23)26-27-4-9-41-26)32-12-16(13-32)24(35)28-18-11-20(31(2)30-18)40-8-7-39-6-5-38-3/h4,9-11,14,16H,5-8,12-13H2,1-3H3,(H,36,37)(H,28,30,35). The Kier molecular flexibility index (Phi) is 8.28. The molecule has 1 aliphatic rings. The molecule has 0 saturated carbocycles. The van der Waals surface area contributed by atoms with Crippen molar-refractivity contribution < 1.29 is 28.9 Å². The number of nitrogens with one attached hydrogen (secondary N) is 1. The van der Waals surface area contributed by atoms with Gasteiger partial charge in [-0.15, -0.1) is 11.3 Å². The van der Waals surface area contributed by atoms with E-state index in [0.717, 1.165) is 0 Å². The highest BCUT2D eigenvalue weighted by Crippen LogP contribution is 2.29. The van der Waals surface area contributed by atoms with Gasteiger partial charge in [0.05, 0.1) is 31.1 Å². The molecule has 1 amide bonds. The van der Waals surface area contributed by atoms with E-state index in [-0.39, 0.29) is 22.8 Å². The van der Waals surface area contributed by atoms with Crippen molar-refractivity contribution in [3.05, 3.63) is 51.3 Å². The third-order valence-electron chi connectivity index (χ3n) is 6.57. The molecule has 15 heteroatoms. The summed E-state index contributed by atoms with van der Waals surface area (Å²) in [5.74, 6) is -0.346. The summed E-state index contributed by atoms with van der Waals surface area (Å²) in [6.45, 7) is 4.29. The Morgan fingerprint density at radius 3 is 2.68 bits per heavy atom. The predicted octanol–water partition coefficient (Wildman–Crippen LogP) is 1.70. The number of hydrogen-bond donors (Lipinski definition) is 2. The molecule has 4 aromatic heterocycles. The fraction of sp³-hybridized carbons (Fsp3) is 0.385. The van der Waals surface area contributed by atoms with Gasteiger partial charge in [-0.25, -0.2) is 19.4 Å². The number of aryl methyl sites for hydroxylation is 2. The number of pyridine rings is 2. The molecular weight excluding hydrogens is 554 g/mol. The lowest BCUT2D eigenvalue weighted by Crippen LogP contribution is -2.52. The molecule has 0 aromatic carbocycles. The van der Waals surface area contributed by atoms with E-state index < -0.39 is 11.4 Å². The van der Waals surface area contributed by atoms with Gasteiger partial charge in [-0.3, -0.25) is 14.2 Å². The van der Waals surface area contributed by atoms with Crippen LogP contribution in [0.25, 0.3) is 16.2 Å². The third-order valence-corrected chi connectivity index (χ3v) is 7.34. The molecular formula is C26H29N7O7S. The average Bonchev–Trinajstić information content (AvgIpc) is 3.55. The molecule has 1 aliphatic heterocycles. The Balaban J connectivity index is 1.26.